The highest BCUT2D eigenvalue weighted by Crippen LogP contribution is 2.44. The van der Waals surface area contributed by atoms with Crippen LogP contribution < -0.4 is 4.90 Å². The van der Waals surface area contributed by atoms with Crippen LogP contribution in [-0.4, -0.2) is 4.98 Å². The fraction of sp³-hybridized carbons (Fsp3) is 0. The summed E-state index contributed by atoms with van der Waals surface area (Å²) >= 11 is 0. The van der Waals surface area contributed by atoms with E-state index in [9.17, 15) is 0 Å². The van der Waals surface area contributed by atoms with Crippen LogP contribution in [0.5, 0.6) is 0 Å². The van der Waals surface area contributed by atoms with Crippen molar-refractivity contribution in [3.63, 3.8) is 0 Å². The number of fused-ring (bicyclic) bond motifs is 11. The molecule has 5 nitrogen and oxygen atoms in total. The van der Waals surface area contributed by atoms with Gasteiger partial charge in [-0.2, -0.15) is 0 Å². The molecule has 0 radical (unpaired) electrons. The van der Waals surface area contributed by atoms with E-state index in [0.717, 1.165) is 110 Å². The van der Waals surface area contributed by atoms with Crippen LogP contribution in [0.25, 0.3) is 99.1 Å². The van der Waals surface area contributed by atoms with Crippen molar-refractivity contribution in [1.29, 1.82) is 0 Å². The van der Waals surface area contributed by atoms with Crippen LogP contribution >= 0.6 is 0 Å². The van der Waals surface area contributed by atoms with Crippen LogP contribution in [0.15, 0.2) is 195 Å². The molecule has 0 N–H and O–H groups in total. The van der Waals surface area contributed by atoms with Crippen LogP contribution in [0.4, 0.5) is 17.1 Å². The van der Waals surface area contributed by atoms with Crippen LogP contribution in [0.1, 0.15) is 0 Å². The van der Waals surface area contributed by atoms with Gasteiger partial charge in [-0.1, -0.05) is 109 Å². The first-order chi connectivity index (χ1) is 27.7. The van der Waals surface area contributed by atoms with E-state index in [-0.39, 0.29) is 0 Å². The third kappa shape index (κ3) is 4.71. The maximum absolute atomic E-state index is 6.69. The molecule has 0 bridgehead atoms. The molecule has 0 unspecified atom stereocenters. The average Bonchev–Trinajstić information content (AvgIpc) is 3.98. The number of furan rings is 2. The van der Waals surface area contributed by atoms with E-state index in [4.69, 9.17) is 18.2 Å². The highest BCUT2D eigenvalue weighted by atomic mass is 16.4. The second-order valence-electron chi connectivity index (χ2n) is 14.3. The number of nitrogens with zero attached hydrogens (tertiary/aromatic N) is 2. The van der Waals surface area contributed by atoms with Crippen molar-refractivity contribution in [2.75, 3.05) is 4.90 Å². The van der Waals surface area contributed by atoms with E-state index in [1.54, 1.807) is 0 Å². The van der Waals surface area contributed by atoms with Gasteiger partial charge in [0.1, 0.15) is 27.8 Å². The lowest BCUT2D eigenvalue weighted by molar-refractivity contribution is 0.620. The molecule has 9 aromatic carbocycles. The van der Waals surface area contributed by atoms with Gasteiger partial charge >= 0.3 is 0 Å². The highest BCUT2D eigenvalue weighted by molar-refractivity contribution is 6.16. The maximum Gasteiger partial charge on any atom is 0.228 e. The molecule has 0 aliphatic carbocycles. The van der Waals surface area contributed by atoms with E-state index in [1.165, 1.54) is 0 Å². The van der Waals surface area contributed by atoms with Crippen molar-refractivity contribution in [3.8, 4) is 22.6 Å². The summed E-state index contributed by atoms with van der Waals surface area (Å²) < 4.78 is 19.7. The largest absolute Gasteiger partial charge is 0.456 e. The third-order valence-electron chi connectivity index (χ3n) is 11.1. The minimum atomic E-state index is 0.560. The summed E-state index contributed by atoms with van der Waals surface area (Å²) in [5, 5.41) is 8.57. The van der Waals surface area contributed by atoms with Crippen molar-refractivity contribution in [2.24, 2.45) is 0 Å². The molecule has 262 valence electrons. The van der Waals surface area contributed by atoms with Gasteiger partial charge in [0, 0.05) is 61.0 Å². The predicted molar refractivity (Wildman–Crippen MR) is 229 cm³/mol. The van der Waals surface area contributed by atoms with Gasteiger partial charge < -0.3 is 18.2 Å². The standard InChI is InChI=1S/C51H30N2O3/c1-2-10-31(11-3-1)34-14-8-15-35(28-34)53(37-22-25-40-41-24-20-33-13-5-7-17-39(33)50(41)55-47(40)30-37)36-23-27-44-43(29-36)48-42(18-9-19-45(48)54-44)51-52-49-38-16-6-4-12-32(38)21-26-46(49)56-51/h1-30H. The first-order valence-electron chi connectivity index (χ1n) is 18.8. The van der Waals surface area contributed by atoms with E-state index in [1.807, 2.05) is 36.4 Å². The Morgan fingerprint density at radius 3 is 1.98 bits per heavy atom. The number of hydrogen-bond donors (Lipinski definition) is 0. The number of rotatable bonds is 5. The Kier molecular flexibility index (Phi) is 6.56. The monoisotopic (exact) mass is 718 g/mol. The zero-order chi connectivity index (χ0) is 36.7. The summed E-state index contributed by atoms with van der Waals surface area (Å²) in [6.45, 7) is 0. The predicted octanol–water partition coefficient (Wildman–Crippen LogP) is 14.7. The lowest BCUT2D eigenvalue weighted by atomic mass is 10.0. The first-order valence-corrected chi connectivity index (χ1v) is 18.8. The highest BCUT2D eigenvalue weighted by Gasteiger charge is 2.21. The van der Waals surface area contributed by atoms with Crippen LogP contribution in [0.3, 0.4) is 0 Å². The van der Waals surface area contributed by atoms with E-state index < -0.39 is 0 Å². The van der Waals surface area contributed by atoms with E-state index in [0.29, 0.717) is 5.89 Å². The Morgan fingerprint density at radius 1 is 0.375 bits per heavy atom. The van der Waals surface area contributed by atoms with E-state index >= 15 is 0 Å². The summed E-state index contributed by atoms with van der Waals surface area (Å²) in [6, 6.07) is 63.3. The normalized spacial score (nSPS) is 11.9. The van der Waals surface area contributed by atoms with Gasteiger partial charge in [0.25, 0.3) is 0 Å². The zero-order valence-electron chi connectivity index (χ0n) is 29.9. The number of aromatic nitrogens is 1. The van der Waals surface area contributed by atoms with Crippen molar-refractivity contribution < 1.29 is 13.3 Å². The van der Waals surface area contributed by atoms with E-state index in [2.05, 4.69) is 150 Å². The first kappa shape index (κ1) is 30.8. The Labute approximate surface area is 320 Å². The van der Waals surface area contributed by atoms with Gasteiger partial charge in [0.05, 0.1) is 0 Å². The molecule has 0 fully saturated rings. The van der Waals surface area contributed by atoms with Gasteiger partial charge in [-0.25, -0.2) is 4.98 Å². The molecule has 56 heavy (non-hydrogen) atoms. The molecule has 0 atom stereocenters. The molecular formula is C51H30N2O3. The Hall–Kier alpha value is -7.63. The molecule has 0 saturated heterocycles. The summed E-state index contributed by atoms with van der Waals surface area (Å²) in [7, 11) is 0. The molecule has 0 saturated carbocycles. The van der Waals surface area contributed by atoms with Crippen LogP contribution in [0, 0.1) is 0 Å². The van der Waals surface area contributed by atoms with Gasteiger partial charge in [-0.15, -0.1) is 0 Å². The topological polar surface area (TPSA) is 55.6 Å². The van der Waals surface area contributed by atoms with Gasteiger partial charge in [0.15, 0.2) is 5.58 Å². The summed E-state index contributed by atoms with van der Waals surface area (Å²) in [5.74, 6) is 0.560. The Balaban J connectivity index is 1.07. The lowest BCUT2D eigenvalue weighted by Crippen LogP contribution is -2.10. The molecule has 0 amide bonds. The summed E-state index contributed by atoms with van der Waals surface area (Å²) in [4.78, 5) is 7.37. The van der Waals surface area contributed by atoms with Crippen molar-refractivity contribution >= 4 is 93.6 Å². The molecule has 5 heteroatoms. The van der Waals surface area contributed by atoms with Crippen LogP contribution in [0.2, 0.25) is 0 Å². The summed E-state index contributed by atoms with van der Waals surface area (Å²) in [5.41, 5.74) is 11.0. The molecule has 0 aliphatic rings. The maximum atomic E-state index is 6.69. The molecule has 12 rings (SSSR count). The number of hydrogen-bond acceptors (Lipinski definition) is 5. The number of oxazole rings is 1. The SMILES string of the molecule is c1ccc(-c2cccc(N(c3ccc4c(c3)oc3c5ccccc5ccc43)c3ccc4oc5cccc(-c6nc7c(ccc8ccccc87)o6)c5c4c3)c2)cc1. The second kappa shape index (κ2) is 11.9. The fourth-order valence-corrected chi connectivity index (χ4v) is 8.44. The van der Waals surface area contributed by atoms with Crippen LogP contribution in [-0.2, 0) is 0 Å². The lowest BCUT2D eigenvalue weighted by Gasteiger charge is -2.26. The summed E-state index contributed by atoms with van der Waals surface area (Å²) in [6.07, 6.45) is 0. The fourth-order valence-electron chi connectivity index (χ4n) is 8.44. The smallest absolute Gasteiger partial charge is 0.228 e. The zero-order valence-corrected chi connectivity index (χ0v) is 29.9. The quantitative estimate of drug-likeness (QED) is 0.177. The van der Waals surface area contributed by atoms with Crippen molar-refractivity contribution in [1.82, 2.24) is 4.98 Å². The van der Waals surface area contributed by atoms with Gasteiger partial charge in [-0.05, 0) is 88.6 Å². The molecule has 3 aromatic heterocycles. The molecular weight excluding hydrogens is 689 g/mol. The molecule has 12 aromatic rings. The van der Waals surface area contributed by atoms with Gasteiger partial charge in [-0.3, -0.25) is 0 Å². The third-order valence-corrected chi connectivity index (χ3v) is 11.1. The number of benzene rings is 9. The molecule has 0 spiro atoms. The average molecular weight is 719 g/mol. The van der Waals surface area contributed by atoms with Gasteiger partial charge in [0.2, 0.25) is 5.89 Å². The van der Waals surface area contributed by atoms with Crippen molar-refractivity contribution in [2.45, 2.75) is 0 Å². The Morgan fingerprint density at radius 2 is 1.07 bits per heavy atom. The molecule has 3 heterocycles. The van der Waals surface area contributed by atoms with Crippen molar-refractivity contribution in [3.05, 3.63) is 182 Å². The minimum Gasteiger partial charge on any atom is -0.456 e. The molecule has 0 aliphatic heterocycles. The number of anilines is 3. The second-order valence-corrected chi connectivity index (χ2v) is 14.3. The minimum absolute atomic E-state index is 0.560. The Bertz CT molecular complexity index is 3500.